The number of aromatic nitrogens is 1. The second-order valence-corrected chi connectivity index (χ2v) is 4.95. The fourth-order valence-corrected chi connectivity index (χ4v) is 2.26. The van der Waals surface area contributed by atoms with Crippen LogP contribution in [0, 0.1) is 18.6 Å². The van der Waals surface area contributed by atoms with Crippen molar-refractivity contribution >= 4 is 0 Å². The number of rotatable bonds is 5. The van der Waals surface area contributed by atoms with E-state index in [1.165, 1.54) is 22.8 Å². The molecule has 0 aliphatic carbocycles. The van der Waals surface area contributed by atoms with Gasteiger partial charge in [-0.25, -0.2) is 8.78 Å². The van der Waals surface area contributed by atoms with Crippen LogP contribution in [0.3, 0.4) is 0 Å². The Morgan fingerprint density at radius 1 is 1.29 bits per heavy atom. The standard InChI is InChI=1S/C16H18F2N2O/c1-3-19-14(12-5-4-6-13(17)16(12)18)10-20-8-7-11(2)9-15(20)21/h4-9,14,19H,3,10H2,1-2H3. The van der Waals surface area contributed by atoms with Crippen LogP contribution >= 0.6 is 0 Å². The number of halogens is 2. The molecule has 5 heteroatoms. The summed E-state index contributed by atoms with van der Waals surface area (Å²) in [5.74, 6) is -1.75. The summed E-state index contributed by atoms with van der Waals surface area (Å²) < 4.78 is 28.8. The van der Waals surface area contributed by atoms with Gasteiger partial charge in [-0.05, 0) is 31.2 Å². The van der Waals surface area contributed by atoms with Crippen molar-refractivity contribution in [2.45, 2.75) is 26.4 Å². The molecule has 1 atom stereocenters. The lowest BCUT2D eigenvalue weighted by Crippen LogP contribution is -2.30. The molecule has 0 aliphatic rings. The quantitative estimate of drug-likeness (QED) is 0.919. The number of likely N-dealkylation sites (N-methyl/N-ethyl adjacent to an activating group) is 1. The molecule has 0 fully saturated rings. The summed E-state index contributed by atoms with van der Waals surface area (Å²) in [5.41, 5.74) is 0.937. The SMILES string of the molecule is CCNC(Cn1ccc(C)cc1=O)c1cccc(F)c1F. The Bertz CT molecular complexity index is 682. The first-order chi connectivity index (χ1) is 10.0. The fraction of sp³-hybridized carbons (Fsp3) is 0.312. The number of benzene rings is 1. The summed E-state index contributed by atoms with van der Waals surface area (Å²) >= 11 is 0. The van der Waals surface area contributed by atoms with E-state index in [-0.39, 0.29) is 17.7 Å². The normalized spacial score (nSPS) is 12.4. The van der Waals surface area contributed by atoms with Crippen LogP contribution in [0.4, 0.5) is 8.78 Å². The molecule has 0 saturated heterocycles. The predicted octanol–water partition coefficient (Wildman–Crippen LogP) is 2.79. The zero-order valence-corrected chi connectivity index (χ0v) is 12.1. The van der Waals surface area contributed by atoms with E-state index in [0.717, 1.165) is 11.6 Å². The number of hydrogen-bond donors (Lipinski definition) is 1. The third-order valence-electron chi connectivity index (χ3n) is 3.34. The summed E-state index contributed by atoms with van der Waals surface area (Å²) in [6.07, 6.45) is 1.67. The minimum atomic E-state index is -0.883. The highest BCUT2D eigenvalue weighted by Gasteiger charge is 2.18. The zero-order valence-electron chi connectivity index (χ0n) is 12.1. The highest BCUT2D eigenvalue weighted by atomic mass is 19.2. The molecule has 0 amide bonds. The van der Waals surface area contributed by atoms with Crippen molar-refractivity contribution < 1.29 is 8.78 Å². The Balaban J connectivity index is 2.35. The van der Waals surface area contributed by atoms with E-state index in [2.05, 4.69) is 5.32 Å². The molecule has 0 saturated carbocycles. The Kier molecular flexibility index (Phi) is 4.85. The third kappa shape index (κ3) is 3.55. The molecule has 1 aromatic carbocycles. The summed E-state index contributed by atoms with van der Waals surface area (Å²) in [5, 5.41) is 3.09. The van der Waals surface area contributed by atoms with Crippen LogP contribution in [0.5, 0.6) is 0 Å². The molecule has 21 heavy (non-hydrogen) atoms. The molecule has 0 aliphatic heterocycles. The van der Waals surface area contributed by atoms with Crippen LogP contribution in [-0.2, 0) is 6.54 Å². The van der Waals surface area contributed by atoms with Gasteiger partial charge in [0.15, 0.2) is 11.6 Å². The number of aryl methyl sites for hydroxylation is 1. The monoisotopic (exact) mass is 292 g/mol. The van der Waals surface area contributed by atoms with Crippen LogP contribution < -0.4 is 10.9 Å². The maximum absolute atomic E-state index is 13.9. The maximum Gasteiger partial charge on any atom is 0.250 e. The molecule has 2 aromatic rings. The fourth-order valence-electron chi connectivity index (χ4n) is 2.26. The van der Waals surface area contributed by atoms with Crippen molar-refractivity contribution in [3.8, 4) is 0 Å². The summed E-state index contributed by atoms with van der Waals surface area (Å²) in [4.78, 5) is 11.9. The molecule has 1 heterocycles. The second-order valence-electron chi connectivity index (χ2n) is 4.95. The maximum atomic E-state index is 13.9. The Morgan fingerprint density at radius 2 is 2.05 bits per heavy atom. The van der Waals surface area contributed by atoms with E-state index in [1.807, 2.05) is 19.9 Å². The summed E-state index contributed by atoms with van der Waals surface area (Å²) in [6.45, 7) is 4.54. The highest BCUT2D eigenvalue weighted by Crippen LogP contribution is 2.20. The molecule has 1 aromatic heterocycles. The lowest BCUT2D eigenvalue weighted by atomic mass is 10.1. The molecular formula is C16H18F2N2O. The van der Waals surface area contributed by atoms with Crippen molar-refractivity contribution in [2.75, 3.05) is 6.54 Å². The second kappa shape index (κ2) is 6.63. The lowest BCUT2D eigenvalue weighted by molar-refractivity contribution is 0.428. The molecule has 112 valence electrons. The van der Waals surface area contributed by atoms with Crippen LogP contribution in [0.2, 0.25) is 0 Å². The van der Waals surface area contributed by atoms with E-state index >= 15 is 0 Å². The first-order valence-electron chi connectivity index (χ1n) is 6.87. The van der Waals surface area contributed by atoms with Gasteiger partial charge >= 0.3 is 0 Å². The molecule has 0 radical (unpaired) electrons. The van der Waals surface area contributed by atoms with Gasteiger partial charge in [0.05, 0.1) is 6.04 Å². The average Bonchev–Trinajstić information content (AvgIpc) is 2.44. The number of hydrogen-bond acceptors (Lipinski definition) is 2. The number of nitrogens with zero attached hydrogens (tertiary/aromatic N) is 1. The molecule has 3 nitrogen and oxygen atoms in total. The van der Waals surface area contributed by atoms with E-state index in [4.69, 9.17) is 0 Å². The first kappa shape index (κ1) is 15.4. The molecule has 1 unspecified atom stereocenters. The van der Waals surface area contributed by atoms with Crippen molar-refractivity contribution in [1.82, 2.24) is 9.88 Å². The van der Waals surface area contributed by atoms with Gasteiger partial charge < -0.3 is 9.88 Å². The van der Waals surface area contributed by atoms with Crippen molar-refractivity contribution in [1.29, 1.82) is 0 Å². The van der Waals surface area contributed by atoms with Gasteiger partial charge in [0.1, 0.15) is 0 Å². The van der Waals surface area contributed by atoms with Crippen LogP contribution in [0.1, 0.15) is 24.1 Å². The topological polar surface area (TPSA) is 34.0 Å². The van der Waals surface area contributed by atoms with Crippen molar-refractivity contribution in [3.05, 3.63) is 69.6 Å². The van der Waals surface area contributed by atoms with Crippen molar-refractivity contribution in [2.24, 2.45) is 0 Å². The van der Waals surface area contributed by atoms with E-state index in [1.54, 1.807) is 6.20 Å². The van der Waals surface area contributed by atoms with E-state index < -0.39 is 17.7 Å². The Hall–Kier alpha value is -2.01. The largest absolute Gasteiger partial charge is 0.314 e. The molecule has 1 N–H and O–H groups in total. The number of nitrogens with one attached hydrogen (secondary N) is 1. The molecule has 0 bridgehead atoms. The van der Waals surface area contributed by atoms with Crippen LogP contribution in [-0.4, -0.2) is 11.1 Å². The van der Waals surface area contributed by atoms with Crippen molar-refractivity contribution in [3.63, 3.8) is 0 Å². The lowest BCUT2D eigenvalue weighted by Gasteiger charge is -2.20. The van der Waals surface area contributed by atoms with E-state index in [0.29, 0.717) is 6.54 Å². The van der Waals surface area contributed by atoms with Crippen LogP contribution in [0.25, 0.3) is 0 Å². The molecule has 0 spiro atoms. The van der Waals surface area contributed by atoms with E-state index in [9.17, 15) is 13.6 Å². The summed E-state index contributed by atoms with van der Waals surface area (Å²) in [6, 6.07) is 6.95. The van der Waals surface area contributed by atoms with Crippen LogP contribution in [0.15, 0.2) is 41.3 Å². The Labute approximate surface area is 122 Å². The Morgan fingerprint density at radius 3 is 2.71 bits per heavy atom. The van der Waals surface area contributed by atoms with Gasteiger partial charge in [0.25, 0.3) is 5.56 Å². The van der Waals surface area contributed by atoms with Gasteiger partial charge in [-0.2, -0.15) is 0 Å². The minimum Gasteiger partial charge on any atom is -0.314 e. The third-order valence-corrected chi connectivity index (χ3v) is 3.34. The van der Waals surface area contributed by atoms with Gasteiger partial charge in [0, 0.05) is 24.4 Å². The van der Waals surface area contributed by atoms with Gasteiger partial charge in [0.2, 0.25) is 0 Å². The highest BCUT2D eigenvalue weighted by molar-refractivity contribution is 5.22. The van der Waals surface area contributed by atoms with Gasteiger partial charge in [-0.1, -0.05) is 19.1 Å². The molecular weight excluding hydrogens is 274 g/mol. The minimum absolute atomic E-state index is 0.158. The zero-order chi connectivity index (χ0) is 15.4. The molecule has 2 rings (SSSR count). The first-order valence-corrected chi connectivity index (χ1v) is 6.87. The van der Waals surface area contributed by atoms with Gasteiger partial charge in [-0.3, -0.25) is 4.79 Å². The summed E-state index contributed by atoms with van der Waals surface area (Å²) in [7, 11) is 0. The van der Waals surface area contributed by atoms with Gasteiger partial charge in [-0.15, -0.1) is 0 Å². The number of pyridine rings is 1. The predicted molar refractivity (Wildman–Crippen MR) is 78.2 cm³/mol. The smallest absolute Gasteiger partial charge is 0.250 e. The average molecular weight is 292 g/mol.